The minimum Gasteiger partial charge on any atom is -1.00 e. The largest absolute Gasteiger partial charge is 1.00 e. The van der Waals surface area contributed by atoms with Crippen molar-refractivity contribution in [2.24, 2.45) is 0 Å². The van der Waals surface area contributed by atoms with Gasteiger partial charge in [-0.1, -0.05) is 60.7 Å². The molecule has 2 aromatic carbocycles. The summed E-state index contributed by atoms with van der Waals surface area (Å²) in [5.41, 5.74) is 2.92. The zero-order valence-corrected chi connectivity index (χ0v) is 15.4. The van der Waals surface area contributed by atoms with Crippen molar-refractivity contribution < 1.29 is 21.5 Å². The van der Waals surface area contributed by atoms with Gasteiger partial charge in [0.15, 0.2) is 0 Å². The zero-order valence-electron chi connectivity index (χ0n) is 13.8. The second-order valence-corrected chi connectivity index (χ2v) is 6.56. The van der Waals surface area contributed by atoms with Crippen LogP contribution in [0.15, 0.2) is 60.7 Å². The molecule has 0 aliphatic heterocycles. The molecule has 22 heavy (non-hydrogen) atoms. The second kappa shape index (κ2) is 9.81. The Bertz CT molecular complexity index is 508. The Hall–Kier alpha value is -1.12. The van der Waals surface area contributed by atoms with Crippen molar-refractivity contribution >= 4 is 0 Å². The number of likely N-dealkylation sites (N-methyl/N-ethyl adjacent to an activating group) is 1. The van der Waals surface area contributed by atoms with Gasteiger partial charge in [-0.05, 0) is 30.4 Å². The first-order chi connectivity index (χ1) is 10.2. The highest BCUT2D eigenvalue weighted by Gasteiger charge is 2.14. The summed E-state index contributed by atoms with van der Waals surface area (Å²) in [6, 6.07) is 21.6. The van der Waals surface area contributed by atoms with Gasteiger partial charge in [0, 0.05) is 6.42 Å². The van der Waals surface area contributed by atoms with Crippen LogP contribution in [0.1, 0.15) is 24.0 Å². The Morgan fingerprint density at radius 1 is 0.636 bits per heavy atom. The quantitative estimate of drug-likeness (QED) is 0.491. The molecule has 0 radical (unpaired) electrons. The van der Waals surface area contributed by atoms with Gasteiger partial charge in [-0.3, -0.25) is 0 Å². The average molecular weight is 362 g/mol. The predicted molar refractivity (Wildman–Crippen MR) is 91.4 cm³/mol. The van der Waals surface area contributed by atoms with Gasteiger partial charge in [-0.15, -0.1) is 0 Å². The molecule has 0 amide bonds. The molecule has 0 unspecified atom stereocenters. The summed E-state index contributed by atoms with van der Waals surface area (Å²) >= 11 is 0. The van der Waals surface area contributed by atoms with E-state index in [1.807, 2.05) is 0 Å². The van der Waals surface area contributed by atoms with E-state index in [0.29, 0.717) is 0 Å². The molecule has 2 heteroatoms. The summed E-state index contributed by atoms with van der Waals surface area (Å²) in [5, 5.41) is 0. The third-order valence-corrected chi connectivity index (χ3v) is 4.17. The van der Waals surface area contributed by atoms with E-state index in [-0.39, 0.29) is 17.0 Å². The van der Waals surface area contributed by atoms with Gasteiger partial charge >= 0.3 is 0 Å². The molecule has 2 rings (SSSR count). The number of aryl methyl sites for hydroxylation is 1. The maximum Gasteiger partial charge on any atom is 0.0823 e. The van der Waals surface area contributed by atoms with E-state index in [1.165, 1.54) is 49.9 Å². The number of hydrogen-bond donors (Lipinski definition) is 0. The molecule has 0 saturated carbocycles. The van der Waals surface area contributed by atoms with Crippen molar-refractivity contribution in [1.29, 1.82) is 0 Å². The van der Waals surface area contributed by atoms with Crippen molar-refractivity contribution in [1.82, 2.24) is 0 Å². The van der Waals surface area contributed by atoms with E-state index >= 15 is 0 Å². The number of halogens is 1. The Balaban J connectivity index is 0.00000242. The smallest absolute Gasteiger partial charge is 0.0823 e. The molecule has 1 nitrogen and oxygen atoms in total. The number of hydrogen-bond acceptors (Lipinski definition) is 0. The number of unbranched alkanes of at least 4 members (excludes halogenated alkanes) is 1. The van der Waals surface area contributed by atoms with Gasteiger partial charge in [0.2, 0.25) is 0 Å². The van der Waals surface area contributed by atoms with Crippen molar-refractivity contribution in [2.75, 3.05) is 27.2 Å². The minimum absolute atomic E-state index is 0. The van der Waals surface area contributed by atoms with Crippen molar-refractivity contribution in [3.8, 4) is 0 Å². The maximum atomic E-state index is 2.35. The Morgan fingerprint density at radius 2 is 1.14 bits per heavy atom. The lowest BCUT2D eigenvalue weighted by molar-refractivity contribution is -0.890. The number of quaternary nitrogens is 1. The van der Waals surface area contributed by atoms with Gasteiger partial charge in [0.1, 0.15) is 0 Å². The SMILES string of the molecule is C[N+](C)(CCCCc1ccccc1)CCc1ccccc1.[Br-]. The van der Waals surface area contributed by atoms with Crippen LogP contribution in [0.2, 0.25) is 0 Å². The minimum atomic E-state index is 0. The van der Waals surface area contributed by atoms with Crippen LogP contribution in [0.3, 0.4) is 0 Å². The van der Waals surface area contributed by atoms with Crippen LogP contribution < -0.4 is 17.0 Å². The summed E-state index contributed by atoms with van der Waals surface area (Å²) < 4.78 is 1.11. The molecule has 0 aromatic heterocycles. The summed E-state index contributed by atoms with van der Waals surface area (Å²) in [6.45, 7) is 2.48. The molecule has 2 aromatic rings. The summed E-state index contributed by atoms with van der Waals surface area (Å²) in [6.07, 6.45) is 4.97. The number of nitrogens with zero attached hydrogens (tertiary/aromatic N) is 1. The molecule has 0 atom stereocenters. The van der Waals surface area contributed by atoms with E-state index in [1.54, 1.807) is 0 Å². The summed E-state index contributed by atoms with van der Waals surface area (Å²) in [7, 11) is 4.71. The van der Waals surface area contributed by atoms with Crippen LogP contribution >= 0.6 is 0 Å². The first-order valence-corrected chi connectivity index (χ1v) is 8.06. The standard InChI is InChI=1S/C20H28N.BrH/c1-21(2,18-16-20-13-7-4-8-14-20)17-10-9-15-19-11-5-3-6-12-19;/h3-8,11-14H,9-10,15-18H2,1-2H3;1H/q+1;/p-1. The number of rotatable bonds is 8. The maximum absolute atomic E-state index is 2.35. The van der Waals surface area contributed by atoms with Crippen molar-refractivity contribution in [3.63, 3.8) is 0 Å². The fourth-order valence-electron chi connectivity index (χ4n) is 2.70. The highest BCUT2D eigenvalue weighted by molar-refractivity contribution is 5.15. The zero-order chi connectivity index (χ0) is 15.0. The fourth-order valence-corrected chi connectivity index (χ4v) is 2.70. The molecule has 0 bridgehead atoms. The van der Waals surface area contributed by atoms with Crippen LogP contribution in [0.25, 0.3) is 0 Å². The lowest BCUT2D eigenvalue weighted by Gasteiger charge is -2.30. The molecular formula is C20H28BrN. The van der Waals surface area contributed by atoms with Gasteiger partial charge < -0.3 is 21.5 Å². The predicted octanol–water partition coefficient (Wildman–Crippen LogP) is 1.33. The molecule has 0 aliphatic rings. The lowest BCUT2D eigenvalue weighted by Crippen LogP contribution is -3.00. The normalized spacial score (nSPS) is 11.0. The van der Waals surface area contributed by atoms with Crippen molar-refractivity contribution in [2.45, 2.75) is 25.7 Å². The fraction of sp³-hybridized carbons (Fsp3) is 0.400. The van der Waals surface area contributed by atoms with Gasteiger partial charge in [0.25, 0.3) is 0 Å². The third-order valence-electron chi connectivity index (χ3n) is 4.17. The first-order valence-electron chi connectivity index (χ1n) is 8.06. The van der Waals surface area contributed by atoms with Crippen LogP contribution in [-0.4, -0.2) is 31.7 Å². The molecule has 0 aliphatic carbocycles. The highest BCUT2D eigenvalue weighted by atomic mass is 79.9. The summed E-state index contributed by atoms with van der Waals surface area (Å²) in [5.74, 6) is 0. The molecule has 0 heterocycles. The Morgan fingerprint density at radius 3 is 1.68 bits per heavy atom. The average Bonchev–Trinajstić information content (AvgIpc) is 2.52. The Kier molecular flexibility index (Phi) is 8.44. The molecular weight excluding hydrogens is 334 g/mol. The van der Waals surface area contributed by atoms with E-state index in [2.05, 4.69) is 74.8 Å². The van der Waals surface area contributed by atoms with Gasteiger partial charge in [0.05, 0.1) is 27.2 Å². The Labute approximate surface area is 146 Å². The van der Waals surface area contributed by atoms with E-state index in [4.69, 9.17) is 0 Å². The van der Waals surface area contributed by atoms with E-state index < -0.39 is 0 Å². The molecule has 0 fully saturated rings. The molecule has 0 N–H and O–H groups in total. The van der Waals surface area contributed by atoms with Crippen LogP contribution in [0, 0.1) is 0 Å². The third kappa shape index (κ3) is 7.24. The van der Waals surface area contributed by atoms with Crippen LogP contribution in [0.5, 0.6) is 0 Å². The lowest BCUT2D eigenvalue weighted by atomic mass is 10.1. The molecule has 0 saturated heterocycles. The monoisotopic (exact) mass is 361 g/mol. The summed E-state index contributed by atoms with van der Waals surface area (Å²) in [4.78, 5) is 0. The van der Waals surface area contributed by atoms with Crippen molar-refractivity contribution in [3.05, 3.63) is 71.8 Å². The van der Waals surface area contributed by atoms with Gasteiger partial charge in [-0.2, -0.15) is 0 Å². The molecule has 120 valence electrons. The number of benzene rings is 2. The highest BCUT2D eigenvalue weighted by Crippen LogP contribution is 2.09. The van der Waals surface area contributed by atoms with Gasteiger partial charge in [-0.25, -0.2) is 0 Å². The second-order valence-electron chi connectivity index (χ2n) is 6.56. The first kappa shape index (κ1) is 18.9. The van der Waals surface area contributed by atoms with E-state index in [0.717, 1.165) is 4.48 Å². The topological polar surface area (TPSA) is 0 Å². The van der Waals surface area contributed by atoms with Crippen LogP contribution in [0.4, 0.5) is 0 Å². The molecule has 0 spiro atoms. The van der Waals surface area contributed by atoms with E-state index in [9.17, 15) is 0 Å². The van der Waals surface area contributed by atoms with Crippen LogP contribution in [-0.2, 0) is 12.8 Å².